The van der Waals surface area contributed by atoms with Gasteiger partial charge in [-0.25, -0.2) is 0 Å². The van der Waals surface area contributed by atoms with Crippen molar-refractivity contribution < 1.29 is 14.5 Å². The molecular formula is C17H18BrClN3O2+. The third-order valence-corrected chi connectivity index (χ3v) is 4.22. The van der Waals surface area contributed by atoms with Crippen LogP contribution in [0, 0.1) is 0 Å². The quantitative estimate of drug-likeness (QED) is 0.654. The molecule has 1 unspecified atom stereocenters. The van der Waals surface area contributed by atoms with Gasteiger partial charge < -0.3 is 4.90 Å². The van der Waals surface area contributed by atoms with E-state index < -0.39 is 0 Å². The van der Waals surface area contributed by atoms with Gasteiger partial charge in [-0.3, -0.25) is 20.4 Å². The summed E-state index contributed by atoms with van der Waals surface area (Å²) in [5.41, 5.74) is 6.35. The highest BCUT2D eigenvalue weighted by Crippen LogP contribution is 2.15. The lowest BCUT2D eigenvalue weighted by Crippen LogP contribution is -3.09. The number of hydrogen-bond donors (Lipinski definition) is 3. The van der Waals surface area contributed by atoms with E-state index in [-0.39, 0.29) is 18.4 Å². The van der Waals surface area contributed by atoms with Crippen LogP contribution in [-0.2, 0) is 11.3 Å². The molecular weight excluding hydrogens is 394 g/mol. The number of hydrogen-bond acceptors (Lipinski definition) is 2. The van der Waals surface area contributed by atoms with E-state index in [2.05, 4.69) is 26.8 Å². The van der Waals surface area contributed by atoms with Crippen LogP contribution < -0.4 is 15.8 Å². The van der Waals surface area contributed by atoms with Gasteiger partial charge in [0, 0.05) is 15.1 Å². The van der Waals surface area contributed by atoms with Gasteiger partial charge in [0.2, 0.25) is 0 Å². The second-order valence-electron chi connectivity index (χ2n) is 5.42. The first-order valence-corrected chi connectivity index (χ1v) is 8.52. The molecule has 0 fully saturated rings. The van der Waals surface area contributed by atoms with E-state index in [9.17, 15) is 9.59 Å². The molecule has 3 N–H and O–H groups in total. The summed E-state index contributed by atoms with van der Waals surface area (Å²) in [4.78, 5) is 24.9. The summed E-state index contributed by atoms with van der Waals surface area (Å²) in [6.07, 6.45) is 0. The lowest BCUT2D eigenvalue weighted by molar-refractivity contribution is -0.885. The van der Waals surface area contributed by atoms with E-state index in [1.54, 1.807) is 18.2 Å². The Hall–Kier alpha value is -1.89. The van der Waals surface area contributed by atoms with E-state index in [0.717, 1.165) is 10.5 Å². The van der Waals surface area contributed by atoms with Crippen LogP contribution in [0.3, 0.4) is 0 Å². The smallest absolute Gasteiger partial charge is 0.293 e. The molecule has 24 heavy (non-hydrogen) atoms. The Labute approximate surface area is 154 Å². The number of nitrogens with one attached hydrogen (secondary N) is 3. The molecule has 2 rings (SSSR count). The summed E-state index contributed by atoms with van der Waals surface area (Å²) >= 11 is 9.25. The van der Waals surface area contributed by atoms with Crippen molar-refractivity contribution in [1.82, 2.24) is 10.9 Å². The van der Waals surface area contributed by atoms with Crippen LogP contribution in [0.25, 0.3) is 0 Å². The van der Waals surface area contributed by atoms with Crippen molar-refractivity contribution in [1.29, 1.82) is 0 Å². The average Bonchev–Trinajstić information content (AvgIpc) is 2.53. The van der Waals surface area contributed by atoms with E-state index >= 15 is 0 Å². The predicted molar refractivity (Wildman–Crippen MR) is 96.7 cm³/mol. The first-order chi connectivity index (χ1) is 11.5. The Balaban J connectivity index is 1.80. The molecule has 5 nitrogen and oxygen atoms in total. The standard InChI is InChI=1S/C17H17BrClN3O2/c1-22(10-12-5-4-6-13(19)9-12)11-16(23)20-21-17(24)14-7-2-3-8-15(14)18/h2-9H,10-11H2,1H3,(H,20,23)(H,21,24)/p+1. The van der Waals surface area contributed by atoms with Crippen molar-refractivity contribution in [3.63, 3.8) is 0 Å². The minimum absolute atomic E-state index is 0.225. The number of amides is 2. The monoisotopic (exact) mass is 410 g/mol. The highest BCUT2D eigenvalue weighted by atomic mass is 79.9. The average molecular weight is 412 g/mol. The number of benzene rings is 2. The zero-order chi connectivity index (χ0) is 17.5. The number of carbonyl (C=O) groups is 2. The molecule has 0 aromatic heterocycles. The Morgan fingerprint density at radius 3 is 2.58 bits per heavy atom. The molecule has 0 saturated carbocycles. The third kappa shape index (κ3) is 5.63. The largest absolute Gasteiger partial charge is 0.326 e. The van der Waals surface area contributed by atoms with E-state index in [1.165, 1.54) is 0 Å². The van der Waals surface area contributed by atoms with Crippen LogP contribution >= 0.6 is 27.5 Å². The van der Waals surface area contributed by atoms with Gasteiger partial charge in [0.15, 0.2) is 6.54 Å². The second-order valence-corrected chi connectivity index (χ2v) is 6.71. The maximum absolute atomic E-state index is 12.0. The molecule has 2 aromatic carbocycles. The van der Waals surface area contributed by atoms with Gasteiger partial charge in [0.05, 0.1) is 12.6 Å². The van der Waals surface area contributed by atoms with Gasteiger partial charge in [-0.15, -0.1) is 0 Å². The van der Waals surface area contributed by atoms with Crippen molar-refractivity contribution >= 4 is 39.3 Å². The zero-order valence-electron chi connectivity index (χ0n) is 13.1. The summed E-state index contributed by atoms with van der Waals surface area (Å²) < 4.78 is 0.667. The van der Waals surface area contributed by atoms with Gasteiger partial charge in [0.25, 0.3) is 11.8 Å². The molecule has 0 spiro atoms. The van der Waals surface area contributed by atoms with Crippen molar-refractivity contribution in [3.05, 3.63) is 69.2 Å². The third-order valence-electron chi connectivity index (χ3n) is 3.29. The minimum Gasteiger partial charge on any atom is -0.326 e. The first-order valence-electron chi connectivity index (χ1n) is 7.35. The first kappa shape index (κ1) is 18.4. The van der Waals surface area contributed by atoms with Gasteiger partial charge in [-0.1, -0.05) is 35.9 Å². The number of quaternary nitrogens is 1. The van der Waals surface area contributed by atoms with Crippen molar-refractivity contribution in [2.45, 2.75) is 6.54 Å². The van der Waals surface area contributed by atoms with Crippen LogP contribution in [0.5, 0.6) is 0 Å². The molecule has 0 radical (unpaired) electrons. The molecule has 2 amide bonds. The predicted octanol–water partition coefficient (Wildman–Crippen LogP) is 1.58. The molecule has 7 heteroatoms. The van der Waals surface area contributed by atoms with Gasteiger partial charge in [0.1, 0.15) is 6.54 Å². The molecule has 0 bridgehead atoms. The number of carbonyl (C=O) groups excluding carboxylic acids is 2. The van der Waals surface area contributed by atoms with Crippen LogP contribution in [0.15, 0.2) is 53.0 Å². The Morgan fingerprint density at radius 1 is 1.12 bits per heavy atom. The molecule has 0 saturated heterocycles. The Bertz CT molecular complexity index is 739. The molecule has 126 valence electrons. The fourth-order valence-electron chi connectivity index (χ4n) is 2.22. The molecule has 0 heterocycles. The van der Waals surface area contributed by atoms with E-state index in [0.29, 0.717) is 21.6 Å². The summed E-state index contributed by atoms with van der Waals surface area (Å²) in [5, 5.41) is 0.672. The zero-order valence-corrected chi connectivity index (χ0v) is 15.4. The summed E-state index contributed by atoms with van der Waals surface area (Å²) in [6, 6.07) is 14.5. The normalized spacial score (nSPS) is 11.6. The van der Waals surface area contributed by atoms with Crippen molar-refractivity contribution in [3.8, 4) is 0 Å². The highest BCUT2D eigenvalue weighted by molar-refractivity contribution is 9.10. The van der Waals surface area contributed by atoms with Crippen LogP contribution in [0.1, 0.15) is 15.9 Å². The Kier molecular flexibility index (Phi) is 6.78. The lowest BCUT2D eigenvalue weighted by atomic mass is 10.2. The number of hydrazine groups is 1. The molecule has 0 aliphatic heterocycles. The fourth-order valence-corrected chi connectivity index (χ4v) is 2.89. The Morgan fingerprint density at radius 2 is 1.88 bits per heavy atom. The van der Waals surface area contributed by atoms with Gasteiger partial charge in [-0.05, 0) is 40.2 Å². The van der Waals surface area contributed by atoms with Crippen LogP contribution in [0.4, 0.5) is 0 Å². The maximum Gasteiger partial charge on any atom is 0.293 e. The number of rotatable bonds is 5. The maximum atomic E-state index is 12.0. The number of likely N-dealkylation sites (N-methyl/N-ethyl adjacent to an activating group) is 1. The SMILES string of the molecule is C[NH+](CC(=O)NNC(=O)c1ccccc1Br)Cc1cccc(Cl)c1. The van der Waals surface area contributed by atoms with E-state index in [1.807, 2.05) is 37.4 Å². The summed E-state index contributed by atoms with van der Waals surface area (Å²) in [5.74, 6) is -0.641. The van der Waals surface area contributed by atoms with Gasteiger partial charge >= 0.3 is 0 Å². The molecule has 2 aromatic rings. The fraction of sp³-hybridized carbons (Fsp3) is 0.176. The highest BCUT2D eigenvalue weighted by Gasteiger charge is 2.13. The number of halogens is 2. The van der Waals surface area contributed by atoms with Crippen molar-refractivity contribution in [2.24, 2.45) is 0 Å². The molecule has 0 aliphatic rings. The molecule has 1 atom stereocenters. The summed E-state index contributed by atoms with van der Waals surface area (Å²) in [6.45, 7) is 0.884. The van der Waals surface area contributed by atoms with Gasteiger partial charge in [-0.2, -0.15) is 0 Å². The lowest BCUT2D eigenvalue weighted by Gasteiger charge is -2.14. The second kappa shape index (κ2) is 8.82. The minimum atomic E-state index is -0.372. The van der Waals surface area contributed by atoms with Crippen molar-refractivity contribution in [2.75, 3.05) is 13.6 Å². The molecule has 0 aliphatic carbocycles. The topological polar surface area (TPSA) is 62.6 Å². The van der Waals surface area contributed by atoms with Crippen LogP contribution in [0.2, 0.25) is 5.02 Å². The van der Waals surface area contributed by atoms with Crippen LogP contribution in [-0.4, -0.2) is 25.4 Å². The summed E-state index contributed by atoms with van der Waals surface area (Å²) in [7, 11) is 1.90. The van der Waals surface area contributed by atoms with E-state index in [4.69, 9.17) is 11.6 Å².